The van der Waals surface area contributed by atoms with Crippen molar-refractivity contribution in [2.24, 2.45) is 5.73 Å². The smallest absolute Gasteiger partial charge is 0.228 e. The SMILES string of the molecule is C[C@@H]1NC[C@@H](c2ccccc2)S(=O)(=O)C1Cc1cc(F)c(C2(C(N)=O)CC2)cc1F. The number of nitrogens with one attached hydrogen (secondary N) is 1. The van der Waals surface area contributed by atoms with Crippen LogP contribution in [-0.4, -0.2) is 32.2 Å². The van der Waals surface area contributed by atoms with E-state index in [0.29, 0.717) is 18.4 Å². The zero-order valence-corrected chi connectivity index (χ0v) is 17.4. The average Bonchev–Trinajstić information content (AvgIpc) is 3.50. The van der Waals surface area contributed by atoms with E-state index in [1.807, 2.05) is 6.07 Å². The Kier molecular flexibility index (Phi) is 5.18. The highest BCUT2D eigenvalue weighted by molar-refractivity contribution is 7.92. The molecule has 1 amide bonds. The van der Waals surface area contributed by atoms with Crippen LogP contribution in [0.15, 0.2) is 42.5 Å². The van der Waals surface area contributed by atoms with Gasteiger partial charge in [-0.3, -0.25) is 4.79 Å². The molecule has 1 saturated heterocycles. The van der Waals surface area contributed by atoms with Gasteiger partial charge in [-0.05, 0) is 49.4 Å². The lowest BCUT2D eigenvalue weighted by atomic mass is 9.92. The maximum Gasteiger partial charge on any atom is 0.228 e. The number of hydrogen-bond acceptors (Lipinski definition) is 4. The third-order valence-corrected chi connectivity index (χ3v) is 9.12. The highest BCUT2D eigenvalue weighted by atomic mass is 32.2. The number of primary amides is 1. The van der Waals surface area contributed by atoms with Crippen molar-refractivity contribution in [1.82, 2.24) is 5.32 Å². The first kappa shape index (κ1) is 20.9. The lowest BCUT2D eigenvalue weighted by Crippen LogP contribution is -2.53. The van der Waals surface area contributed by atoms with E-state index in [0.717, 1.165) is 12.1 Å². The topological polar surface area (TPSA) is 89.3 Å². The molecule has 1 saturated carbocycles. The van der Waals surface area contributed by atoms with Crippen LogP contribution < -0.4 is 11.1 Å². The minimum absolute atomic E-state index is 0.0209. The van der Waals surface area contributed by atoms with Gasteiger partial charge in [0.05, 0.1) is 15.9 Å². The second kappa shape index (κ2) is 7.42. The van der Waals surface area contributed by atoms with Crippen molar-refractivity contribution >= 4 is 15.7 Å². The van der Waals surface area contributed by atoms with Crippen LogP contribution in [-0.2, 0) is 26.5 Å². The van der Waals surface area contributed by atoms with Crippen molar-refractivity contribution < 1.29 is 22.0 Å². The molecule has 2 aromatic carbocycles. The molecule has 1 aliphatic carbocycles. The van der Waals surface area contributed by atoms with E-state index < -0.39 is 49.3 Å². The Morgan fingerprint density at radius 2 is 1.83 bits per heavy atom. The Hall–Kier alpha value is -2.32. The van der Waals surface area contributed by atoms with Crippen LogP contribution in [0.1, 0.15) is 41.7 Å². The Morgan fingerprint density at radius 3 is 2.43 bits per heavy atom. The first-order chi connectivity index (χ1) is 14.2. The number of sulfone groups is 1. The Labute approximate surface area is 174 Å². The van der Waals surface area contributed by atoms with Crippen LogP contribution in [0, 0.1) is 11.6 Å². The van der Waals surface area contributed by atoms with Gasteiger partial charge in [0, 0.05) is 18.2 Å². The zero-order chi connectivity index (χ0) is 21.7. The predicted molar refractivity (Wildman–Crippen MR) is 110 cm³/mol. The molecular weight excluding hydrogens is 410 g/mol. The molecule has 1 heterocycles. The lowest BCUT2D eigenvalue weighted by molar-refractivity contribution is -0.120. The summed E-state index contributed by atoms with van der Waals surface area (Å²) < 4.78 is 56.3. The summed E-state index contributed by atoms with van der Waals surface area (Å²) in [4.78, 5) is 11.7. The number of nitrogens with two attached hydrogens (primary N) is 1. The molecule has 1 unspecified atom stereocenters. The quantitative estimate of drug-likeness (QED) is 0.757. The fourth-order valence-electron chi connectivity index (χ4n) is 4.41. The fourth-order valence-corrected chi connectivity index (χ4v) is 6.77. The van der Waals surface area contributed by atoms with E-state index >= 15 is 0 Å². The van der Waals surface area contributed by atoms with Gasteiger partial charge in [-0.2, -0.15) is 0 Å². The summed E-state index contributed by atoms with van der Waals surface area (Å²) in [7, 11) is -3.66. The first-order valence-electron chi connectivity index (χ1n) is 9.96. The fraction of sp³-hybridized carbons (Fsp3) is 0.409. The van der Waals surface area contributed by atoms with E-state index in [-0.39, 0.29) is 24.1 Å². The summed E-state index contributed by atoms with van der Waals surface area (Å²) in [5.74, 6) is -2.12. The molecule has 30 heavy (non-hydrogen) atoms. The summed E-state index contributed by atoms with van der Waals surface area (Å²) in [6.07, 6.45) is 0.607. The van der Waals surface area contributed by atoms with Crippen LogP contribution in [0.3, 0.4) is 0 Å². The van der Waals surface area contributed by atoms with Gasteiger partial charge in [-0.1, -0.05) is 30.3 Å². The third-order valence-electron chi connectivity index (χ3n) is 6.47. The normalized spacial score (nSPS) is 26.8. The van der Waals surface area contributed by atoms with E-state index in [4.69, 9.17) is 5.73 Å². The average molecular weight is 435 g/mol. The van der Waals surface area contributed by atoms with E-state index in [1.54, 1.807) is 31.2 Å². The standard InChI is InChI=1S/C22H24F2N2O3S/c1-13-19(30(28,29)20(12-26-13)14-5-3-2-4-6-14)10-15-9-18(24)16(11-17(15)23)22(7-8-22)21(25)27/h2-6,9,11,13,19-20,26H,7-8,10,12H2,1H3,(H2,25,27)/t13-,19?,20-/m0/s1. The van der Waals surface area contributed by atoms with Gasteiger partial charge in [0.1, 0.15) is 11.6 Å². The highest BCUT2D eigenvalue weighted by Gasteiger charge is 2.52. The van der Waals surface area contributed by atoms with Crippen LogP contribution in [0.25, 0.3) is 0 Å². The minimum Gasteiger partial charge on any atom is -0.369 e. The Morgan fingerprint density at radius 1 is 1.17 bits per heavy atom. The van der Waals surface area contributed by atoms with Crippen molar-refractivity contribution in [2.45, 2.75) is 48.1 Å². The number of carbonyl (C=O) groups excluding carboxylic acids is 1. The van der Waals surface area contributed by atoms with Crippen LogP contribution in [0.2, 0.25) is 0 Å². The van der Waals surface area contributed by atoms with Crippen molar-refractivity contribution in [2.75, 3.05) is 6.54 Å². The summed E-state index contributed by atoms with van der Waals surface area (Å²) in [6, 6.07) is 10.5. The zero-order valence-electron chi connectivity index (χ0n) is 16.6. The molecule has 3 N–H and O–H groups in total. The van der Waals surface area contributed by atoms with Gasteiger partial charge in [0.25, 0.3) is 0 Å². The molecule has 1 aliphatic heterocycles. The molecule has 0 spiro atoms. The predicted octanol–water partition coefficient (Wildman–Crippen LogP) is 2.54. The molecule has 3 atom stereocenters. The van der Waals surface area contributed by atoms with Crippen molar-refractivity contribution in [3.63, 3.8) is 0 Å². The molecule has 2 fully saturated rings. The molecule has 2 aliphatic rings. The van der Waals surface area contributed by atoms with Crippen LogP contribution in [0.4, 0.5) is 8.78 Å². The van der Waals surface area contributed by atoms with Gasteiger partial charge in [-0.25, -0.2) is 17.2 Å². The van der Waals surface area contributed by atoms with Crippen LogP contribution in [0.5, 0.6) is 0 Å². The second-order valence-electron chi connectivity index (χ2n) is 8.30. The number of benzene rings is 2. The number of halogens is 2. The molecule has 5 nitrogen and oxygen atoms in total. The maximum absolute atomic E-state index is 14.9. The van der Waals surface area contributed by atoms with Gasteiger partial charge in [-0.15, -0.1) is 0 Å². The molecular formula is C22H24F2N2O3S. The van der Waals surface area contributed by atoms with Crippen molar-refractivity contribution in [1.29, 1.82) is 0 Å². The number of carbonyl (C=O) groups is 1. The number of rotatable bonds is 5. The second-order valence-corrected chi connectivity index (χ2v) is 10.7. The highest BCUT2D eigenvalue weighted by Crippen LogP contribution is 2.49. The Balaban J connectivity index is 1.66. The summed E-state index contributed by atoms with van der Waals surface area (Å²) in [5.41, 5.74) is 4.84. The first-order valence-corrected chi connectivity index (χ1v) is 11.6. The molecule has 4 rings (SSSR count). The largest absolute Gasteiger partial charge is 0.369 e. The van der Waals surface area contributed by atoms with Gasteiger partial charge < -0.3 is 11.1 Å². The van der Waals surface area contributed by atoms with Gasteiger partial charge in [0.2, 0.25) is 5.91 Å². The molecule has 0 aromatic heterocycles. The molecule has 160 valence electrons. The van der Waals surface area contributed by atoms with E-state index in [1.165, 1.54) is 0 Å². The number of amides is 1. The molecule has 0 radical (unpaired) electrons. The Bertz CT molecular complexity index is 1090. The lowest BCUT2D eigenvalue weighted by Gasteiger charge is -2.35. The molecule has 8 heteroatoms. The maximum atomic E-state index is 14.9. The minimum atomic E-state index is -3.66. The third kappa shape index (κ3) is 3.41. The van der Waals surface area contributed by atoms with Gasteiger partial charge >= 0.3 is 0 Å². The van der Waals surface area contributed by atoms with Crippen LogP contribution >= 0.6 is 0 Å². The van der Waals surface area contributed by atoms with Crippen molar-refractivity contribution in [3.05, 3.63) is 70.8 Å². The monoisotopic (exact) mass is 434 g/mol. The summed E-state index contributed by atoms with van der Waals surface area (Å²) in [5, 5.41) is 1.53. The van der Waals surface area contributed by atoms with Gasteiger partial charge in [0.15, 0.2) is 9.84 Å². The number of hydrogen-bond donors (Lipinski definition) is 2. The van der Waals surface area contributed by atoms with Crippen molar-refractivity contribution in [3.8, 4) is 0 Å². The molecule has 0 bridgehead atoms. The summed E-state index contributed by atoms with van der Waals surface area (Å²) >= 11 is 0. The molecule has 2 aromatic rings. The summed E-state index contributed by atoms with van der Waals surface area (Å²) in [6.45, 7) is 2.00. The van der Waals surface area contributed by atoms with E-state index in [9.17, 15) is 22.0 Å². The van der Waals surface area contributed by atoms with E-state index in [2.05, 4.69) is 5.32 Å².